The standard InChI is InChI=1S/C20H18F3NO4/c1-11(2)18(24-19(26)12-3-6-14(21)7-4-12)20(27)28-10-17(25)13-5-8-15(22)16(23)9-13/h3-9,11,18H,10H2,1-2H3,(H,24,26)/t18-/m0/s1. The van der Waals surface area contributed by atoms with E-state index in [1.165, 1.54) is 12.1 Å². The van der Waals surface area contributed by atoms with Gasteiger partial charge in [-0.25, -0.2) is 18.0 Å². The summed E-state index contributed by atoms with van der Waals surface area (Å²) in [4.78, 5) is 36.5. The van der Waals surface area contributed by atoms with Crippen molar-refractivity contribution in [2.45, 2.75) is 19.9 Å². The van der Waals surface area contributed by atoms with E-state index in [-0.39, 0.29) is 17.0 Å². The number of hydrogen-bond donors (Lipinski definition) is 1. The smallest absolute Gasteiger partial charge is 0.329 e. The first-order chi connectivity index (χ1) is 13.2. The Hall–Kier alpha value is -3.16. The summed E-state index contributed by atoms with van der Waals surface area (Å²) in [5.41, 5.74) is 0.000795. The zero-order chi connectivity index (χ0) is 20.8. The lowest BCUT2D eigenvalue weighted by Gasteiger charge is -2.20. The Labute approximate surface area is 159 Å². The first kappa shape index (κ1) is 21.1. The van der Waals surface area contributed by atoms with Gasteiger partial charge in [0.25, 0.3) is 5.91 Å². The van der Waals surface area contributed by atoms with Crippen molar-refractivity contribution in [3.8, 4) is 0 Å². The molecule has 0 unspecified atom stereocenters. The number of carbonyl (C=O) groups is 3. The largest absolute Gasteiger partial charge is 0.456 e. The van der Waals surface area contributed by atoms with Crippen LogP contribution < -0.4 is 5.32 Å². The highest BCUT2D eigenvalue weighted by atomic mass is 19.2. The van der Waals surface area contributed by atoms with Crippen LogP contribution in [-0.4, -0.2) is 30.3 Å². The Morgan fingerprint density at radius 3 is 2.11 bits per heavy atom. The SMILES string of the molecule is CC(C)[C@H](NC(=O)c1ccc(F)cc1)C(=O)OCC(=O)c1ccc(F)c(F)c1. The maximum Gasteiger partial charge on any atom is 0.329 e. The van der Waals surface area contributed by atoms with E-state index in [1.807, 2.05) is 0 Å². The highest BCUT2D eigenvalue weighted by Crippen LogP contribution is 2.11. The van der Waals surface area contributed by atoms with E-state index in [9.17, 15) is 27.6 Å². The average molecular weight is 393 g/mol. The third-order valence-electron chi connectivity index (χ3n) is 3.90. The van der Waals surface area contributed by atoms with Crippen LogP contribution in [0.5, 0.6) is 0 Å². The van der Waals surface area contributed by atoms with Gasteiger partial charge in [0, 0.05) is 11.1 Å². The molecule has 2 rings (SSSR count). The predicted octanol–water partition coefficient (Wildman–Crippen LogP) is 3.28. The van der Waals surface area contributed by atoms with Gasteiger partial charge in [-0.2, -0.15) is 0 Å². The molecule has 0 saturated carbocycles. The monoisotopic (exact) mass is 393 g/mol. The number of esters is 1. The summed E-state index contributed by atoms with van der Waals surface area (Å²) in [6, 6.07) is 6.27. The van der Waals surface area contributed by atoms with Crippen molar-refractivity contribution in [1.82, 2.24) is 5.32 Å². The molecule has 0 aliphatic rings. The number of nitrogens with one attached hydrogen (secondary N) is 1. The Balaban J connectivity index is 2.00. The molecule has 148 valence electrons. The average Bonchev–Trinajstić information content (AvgIpc) is 2.66. The molecular formula is C20H18F3NO4. The van der Waals surface area contributed by atoms with Gasteiger partial charge in [-0.15, -0.1) is 0 Å². The van der Waals surface area contributed by atoms with Crippen molar-refractivity contribution >= 4 is 17.7 Å². The molecule has 1 amide bonds. The van der Waals surface area contributed by atoms with Crippen LogP contribution in [0.3, 0.4) is 0 Å². The summed E-state index contributed by atoms with van der Waals surface area (Å²) in [6.45, 7) is 2.63. The summed E-state index contributed by atoms with van der Waals surface area (Å²) in [7, 11) is 0. The van der Waals surface area contributed by atoms with Crippen molar-refractivity contribution in [1.29, 1.82) is 0 Å². The van der Waals surface area contributed by atoms with E-state index in [0.717, 1.165) is 24.3 Å². The Bertz CT molecular complexity index is 882. The molecule has 8 heteroatoms. The summed E-state index contributed by atoms with van der Waals surface area (Å²) in [6.07, 6.45) is 0. The molecule has 2 aromatic rings. The molecule has 0 aliphatic heterocycles. The lowest BCUT2D eigenvalue weighted by atomic mass is 10.0. The molecule has 0 bridgehead atoms. The van der Waals surface area contributed by atoms with Crippen LogP contribution in [0.1, 0.15) is 34.6 Å². The van der Waals surface area contributed by atoms with Crippen molar-refractivity contribution in [2.75, 3.05) is 6.61 Å². The molecule has 0 aliphatic carbocycles. The zero-order valence-corrected chi connectivity index (χ0v) is 15.2. The van der Waals surface area contributed by atoms with Crippen molar-refractivity contribution in [3.05, 3.63) is 71.0 Å². The van der Waals surface area contributed by atoms with Crippen molar-refractivity contribution in [3.63, 3.8) is 0 Å². The minimum absolute atomic E-state index is 0.150. The topological polar surface area (TPSA) is 72.5 Å². The Morgan fingerprint density at radius 1 is 0.929 bits per heavy atom. The minimum atomic E-state index is -1.19. The van der Waals surface area contributed by atoms with E-state index >= 15 is 0 Å². The number of hydrogen-bond acceptors (Lipinski definition) is 4. The number of benzene rings is 2. The lowest BCUT2D eigenvalue weighted by Crippen LogP contribution is -2.45. The van der Waals surface area contributed by atoms with Crippen LogP contribution in [0.25, 0.3) is 0 Å². The molecule has 1 N–H and O–H groups in total. The van der Waals surface area contributed by atoms with Crippen LogP contribution >= 0.6 is 0 Å². The quantitative estimate of drug-likeness (QED) is 0.579. The number of carbonyl (C=O) groups excluding carboxylic acids is 3. The molecule has 5 nitrogen and oxygen atoms in total. The van der Waals surface area contributed by atoms with Gasteiger partial charge in [-0.1, -0.05) is 13.8 Å². The molecule has 0 saturated heterocycles. The maximum absolute atomic E-state index is 13.2. The van der Waals surface area contributed by atoms with Gasteiger partial charge in [-0.05, 0) is 48.4 Å². The normalized spacial score (nSPS) is 11.8. The van der Waals surface area contributed by atoms with Crippen molar-refractivity contribution < 1.29 is 32.3 Å². The molecular weight excluding hydrogens is 375 g/mol. The summed E-state index contributed by atoms with van der Waals surface area (Å²) in [5.74, 6) is -5.35. The third-order valence-corrected chi connectivity index (χ3v) is 3.90. The first-order valence-corrected chi connectivity index (χ1v) is 8.40. The van der Waals surface area contributed by atoms with Crippen LogP contribution in [0.15, 0.2) is 42.5 Å². The number of rotatable bonds is 7. The van der Waals surface area contributed by atoms with E-state index in [0.29, 0.717) is 6.07 Å². The summed E-state index contributed by atoms with van der Waals surface area (Å²) >= 11 is 0. The molecule has 28 heavy (non-hydrogen) atoms. The van der Waals surface area contributed by atoms with E-state index in [4.69, 9.17) is 4.74 Å². The number of ether oxygens (including phenoxy) is 1. The van der Waals surface area contributed by atoms with E-state index in [1.54, 1.807) is 13.8 Å². The van der Waals surface area contributed by atoms with Gasteiger partial charge in [-0.3, -0.25) is 9.59 Å². The highest BCUT2D eigenvalue weighted by molar-refractivity contribution is 5.99. The van der Waals surface area contributed by atoms with Crippen LogP contribution in [0.2, 0.25) is 0 Å². The fourth-order valence-electron chi connectivity index (χ4n) is 2.30. The number of halogens is 3. The Morgan fingerprint density at radius 2 is 1.54 bits per heavy atom. The van der Waals surface area contributed by atoms with Gasteiger partial charge < -0.3 is 10.1 Å². The summed E-state index contributed by atoms with van der Waals surface area (Å²) < 4.78 is 44.0. The van der Waals surface area contributed by atoms with Crippen LogP contribution in [0, 0.1) is 23.4 Å². The molecule has 0 spiro atoms. The second kappa shape index (κ2) is 9.16. The highest BCUT2D eigenvalue weighted by Gasteiger charge is 2.27. The second-order valence-corrected chi connectivity index (χ2v) is 6.36. The van der Waals surface area contributed by atoms with E-state index in [2.05, 4.69) is 5.32 Å². The van der Waals surface area contributed by atoms with E-state index < -0.39 is 47.8 Å². The van der Waals surface area contributed by atoms with Gasteiger partial charge in [0.05, 0.1) is 0 Å². The Kier molecular flexibility index (Phi) is 6.92. The molecule has 0 radical (unpaired) electrons. The number of ketones is 1. The minimum Gasteiger partial charge on any atom is -0.456 e. The molecule has 1 atom stereocenters. The second-order valence-electron chi connectivity index (χ2n) is 6.36. The molecule has 0 fully saturated rings. The third kappa shape index (κ3) is 5.42. The van der Waals surface area contributed by atoms with Gasteiger partial charge in [0.15, 0.2) is 24.0 Å². The van der Waals surface area contributed by atoms with Gasteiger partial charge in [0.1, 0.15) is 11.9 Å². The first-order valence-electron chi connectivity index (χ1n) is 8.40. The lowest BCUT2D eigenvalue weighted by molar-refractivity contribution is -0.145. The van der Waals surface area contributed by atoms with Crippen LogP contribution in [0.4, 0.5) is 13.2 Å². The predicted molar refractivity (Wildman–Crippen MR) is 94.1 cm³/mol. The maximum atomic E-state index is 13.2. The fraction of sp³-hybridized carbons (Fsp3) is 0.250. The molecule has 0 aromatic heterocycles. The molecule has 2 aromatic carbocycles. The zero-order valence-electron chi connectivity index (χ0n) is 15.2. The summed E-state index contributed by atoms with van der Waals surface area (Å²) in [5, 5.41) is 2.48. The van der Waals surface area contributed by atoms with Crippen LogP contribution in [-0.2, 0) is 9.53 Å². The fourth-order valence-corrected chi connectivity index (χ4v) is 2.30. The van der Waals surface area contributed by atoms with Gasteiger partial charge in [0.2, 0.25) is 0 Å². The molecule has 0 heterocycles. The number of amides is 1. The van der Waals surface area contributed by atoms with Gasteiger partial charge >= 0.3 is 5.97 Å². The van der Waals surface area contributed by atoms with Crippen molar-refractivity contribution in [2.24, 2.45) is 5.92 Å². The number of Topliss-reactive ketones (excluding diaryl/α,β-unsaturated/α-hetero) is 1.